The summed E-state index contributed by atoms with van der Waals surface area (Å²) in [4.78, 5) is 102. The quantitative estimate of drug-likeness (QED) is 0.0162. The van der Waals surface area contributed by atoms with Gasteiger partial charge in [-0.2, -0.15) is 0 Å². The lowest BCUT2D eigenvalue weighted by atomic mass is 10.1. The zero-order valence-corrected chi connectivity index (χ0v) is 57.5. The van der Waals surface area contributed by atoms with Gasteiger partial charge in [0.1, 0.15) is 11.4 Å². The number of ether oxygens (including phenoxy) is 1. The van der Waals surface area contributed by atoms with Gasteiger partial charge in [-0.15, -0.1) is 0 Å². The molecule has 0 saturated heterocycles. The number of aromatic nitrogens is 8. The summed E-state index contributed by atoms with van der Waals surface area (Å²) in [5, 5.41) is 25.9. The Kier molecular flexibility index (Phi) is 34.4. The first-order valence-corrected chi connectivity index (χ1v) is 32.1. The maximum atomic E-state index is 13.8. The molecule has 0 atom stereocenters. The number of rotatable bonds is 23. The van der Waals surface area contributed by atoms with E-state index in [2.05, 4.69) is 87.7 Å². The third-order valence-electron chi connectivity index (χ3n) is 12.7. The normalized spacial score (nSPS) is 10.2. The lowest BCUT2D eigenvalue weighted by Crippen LogP contribution is -2.33. The number of benzene rings is 5. The van der Waals surface area contributed by atoms with Crippen LogP contribution in [0.5, 0.6) is 0 Å². The number of amides is 6. The molecular formula is C71H87ClFIN18O7. The molecule has 0 bridgehead atoms. The molecular weight excluding hydrogens is 1400 g/mol. The fourth-order valence-electron chi connectivity index (χ4n) is 8.41. The van der Waals surface area contributed by atoms with E-state index in [4.69, 9.17) is 22.1 Å². The van der Waals surface area contributed by atoms with Gasteiger partial charge in [-0.25, -0.2) is 49.1 Å². The Hall–Kier alpha value is -10.7. The summed E-state index contributed by atoms with van der Waals surface area (Å²) in [6.07, 6.45) is 8.45. The Morgan fingerprint density at radius 1 is 0.475 bits per heavy atom. The zero-order chi connectivity index (χ0) is 70.1. The highest BCUT2D eigenvalue weighted by Crippen LogP contribution is 2.25. The number of alkyl carbamates (subject to hydrolysis) is 1. The van der Waals surface area contributed by atoms with Gasteiger partial charge in [0.2, 0.25) is 46.8 Å². The predicted molar refractivity (Wildman–Crippen MR) is 402 cm³/mol. The van der Waals surface area contributed by atoms with Gasteiger partial charge in [0, 0.05) is 135 Å². The van der Waals surface area contributed by atoms with Crippen LogP contribution in [0.25, 0.3) is 45.0 Å². The second-order valence-corrected chi connectivity index (χ2v) is 23.5. The van der Waals surface area contributed by atoms with Gasteiger partial charge >= 0.3 is 6.09 Å². The summed E-state index contributed by atoms with van der Waals surface area (Å²) < 4.78 is 19.6. The van der Waals surface area contributed by atoms with Crippen LogP contribution in [0.15, 0.2) is 164 Å². The highest BCUT2D eigenvalue weighted by molar-refractivity contribution is 14.1. The first-order chi connectivity index (χ1) is 46.5. The van der Waals surface area contributed by atoms with E-state index in [-0.39, 0.29) is 50.8 Å². The lowest BCUT2D eigenvalue weighted by Gasteiger charge is -2.19. The number of carbonyl (C=O) groups is 6. The van der Waals surface area contributed by atoms with E-state index in [9.17, 15) is 33.2 Å². The SMILES string of the molecule is C.C.CC(=O)Nc1ccc(-c2ccnc(Cl)n2)cc1.CC(=O)Nc1ccc(-c2ccnc(NCCCN)n2)cc1.CC(=O)Nc1ccc(-c2ccnc(NCCCNC(=O)OC(C)(C)C)n2)cc1.CC(=O)Nc1ccc(-c2ccnc(NCCCNC(=O)c3c(F)cccc3I)n2)cc1.[2HH]. The van der Waals surface area contributed by atoms with Crippen molar-refractivity contribution in [3.8, 4) is 45.0 Å². The van der Waals surface area contributed by atoms with Gasteiger partial charge in [-0.05, 0) is 166 Å². The van der Waals surface area contributed by atoms with Crippen LogP contribution in [0.3, 0.4) is 0 Å². The second kappa shape index (κ2) is 42.1. The van der Waals surface area contributed by atoms with Gasteiger partial charge in [0.25, 0.3) is 5.91 Å². The summed E-state index contributed by atoms with van der Waals surface area (Å²) in [5.74, 6) is 0.204. The maximum absolute atomic E-state index is 13.8. The average Bonchev–Trinajstić information content (AvgIpc) is 0.884. The van der Waals surface area contributed by atoms with Crippen LogP contribution in [0, 0.1) is 9.39 Å². The standard InChI is InChI=1S/C22H21FIN5O2.C20H27N5O3.C15H19N5O.C12H10ClN3O.2CH4.H2/c1-14(30)28-16-8-6-15(7-9-16)19-10-13-27-22(29-19)26-12-3-11-25-21(31)20-17(23)4-2-5-18(20)24;1-14(26)24-16-8-6-15(7-9-16)17-10-13-22-18(25-17)21-11-5-12-23-19(27)28-20(2,3)4;1-11(21)19-13-5-3-12(4-6-13)14-7-10-18-15(20-14)17-9-2-8-16;1-8(17)15-10-4-2-9(3-5-10)11-6-7-14-12(13)16-11;;;/h2,4-10,13H,3,11-12H2,1H3,(H,25,31)(H,28,30)(H,26,27,29);6-10,13H,5,11-12H2,1-4H3,(H,23,27)(H,24,26)(H,21,22,25);3-7,10H,2,8-9,16H2,1H3,(H,19,21)(H,17,18,20);2-7H,1H3,(H,15,17);2*1H4;1H/i;;;;;;1+1. The van der Waals surface area contributed by atoms with Crippen LogP contribution in [-0.2, 0) is 23.9 Å². The summed E-state index contributed by atoms with van der Waals surface area (Å²) >= 11 is 7.66. The van der Waals surface area contributed by atoms with Crippen LogP contribution < -0.4 is 53.6 Å². The van der Waals surface area contributed by atoms with E-state index in [1.807, 2.05) is 153 Å². The predicted octanol–water partition coefficient (Wildman–Crippen LogP) is 13.6. The van der Waals surface area contributed by atoms with Crippen LogP contribution in [0.2, 0.25) is 5.28 Å². The minimum Gasteiger partial charge on any atom is -0.444 e. The molecule has 6 amide bonds. The molecule has 4 aromatic heterocycles. The fraction of sp³-hybridized carbons (Fsp3) is 0.268. The minimum atomic E-state index is -0.530. The third kappa shape index (κ3) is 30.1. The highest BCUT2D eigenvalue weighted by atomic mass is 127. The van der Waals surface area contributed by atoms with Crippen molar-refractivity contribution in [3.05, 3.63) is 185 Å². The fourth-order valence-corrected chi connectivity index (χ4v) is 9.27. The third-order valence-corrected chi connectivity index (χ3v) is 13.8. The summed E-state index contributed by atoms with van der Waals surface area (Å²) in [6, 6.07) is 41.5. The number of hydrogen-bond acceptors (Lipinski definition) is 19. The number of nitrogens with zero attached hydrogens (tertiary/aromatic N) is 8. The molecule has 0 aliphatic rings. The van der Waals surface area contributed by atoms with Crippen molar-refractivity contribution in [2.24, 2.45) is 5.73 Å². The molecule has 0 spiro atoms. The largest absolute Gasteiger partial charge is 0.444 e. The molecule has 25 nitrogen and oxygen atoms in total. The number of anilines is 7. The number of halogens is 3. The zero-order valence-electron chi connectivity index (χ0n) is 54.6. The van der Waals surface area contributed by atoms with Crippen molar-refractivity contribution in [2.45, 2.75) is 88.2 Å². The van der Waals surface area contributed by atoms with E-state index in [0.29, 0.717) is 67.0 Å². The van der Waals surface area contributed by atoms with Crippen LogP contribution in [0.1, 0.15) is 94.4 Å². The molecule has 0 fully saturated rings. The van der Waals surface area contributed by atoms with E-state index in [1.54, 1.807) is 49.1 Å². The average molecular weight is 1490 g/mol. The number of nitrogens with one attached hydrogen (secondary N) is 9. The van der Waals surface area contributed by atoms with Gasteiger partial charge in [-0.1, -0.05) is 69.5 Å². The van der Waals surface area contributed by atoms with Gasteiger partial charge < -0.3 is 58.3 Å². The lowest BCUT2D eigenvalue weighted by molar-refractivity contribution is -0.115. The minimum absolute atomic E-state index is 0. The molecule has 9 aromatic rings. The summed E-state index contributed by atoms with van der Waals surface area (Å²) in [7, 11) is 0. The van der Waals surface area contributed by atoms with Gasteiger partial charge in [0.05, 0.1) is 28.3 Å². The van der Waals surface area contributed by atoms with Crippen molar-refractivity contribution >= 4 is 110 Å². The van der Waals surface area contributed by atoms with Crippen molar-refractivity contribution in [2.75, 3.05) is 76.5 Å². The van der Waals surface area contributed by atoms with Crippen LogP contribution in [0.4, 0.5) is 49.8 Å². The van der Waals surface area contributed by atoms with Crippen molar-refractivity contribution < 1.29 is 39.3 Å². The van der Waals surface area contributed by atoms with E-state index < -0.39 is 23.4 Å². The Morgan fingerprint density at radius 2 is 0.808 bits per heavy atom. The number of hydrogen-bond donors (Lipinski definition) is 10. The molecule has 0 saturated carbocycles. The molecule has 99 heavy (non-hydrogen) atoms. The van der Waals surface area contributed by atoms with Crippen LogP contribution in [-0.4, -0.2) is 120 Å². The molecule has 5 aromatic carbocycles. The van der Waals surface area contributed by atoms with Crippen molar-refractivity contribution in [1.82, 2.24) is 50.5 Å². The first-order valence-electron chi connectivity index (χ1n) is 30.6. The van der Waals surface area contributed by atoms with Crippen molar-refractivity contribution in [1.29, 1.82) is 0 Å². The molecule has 4 heterocycles. The molecule has 28 heteroatoms. The summed E-state index contributed by atoms with van der Waals surface area (Å²) in [6.45, 7) is 14.8. The molecule has 0 unspecified atom stereocenters. The number of nitrogens with two attached hydrogens (primary N) is 1. The molecule has 524 valence electrons. The molecule has 0 aliphatic carbocycles. The Balaban J connectivity index is 0.000000351. The Bertz CT molecular complexity index is 4030. The molecule has 0 aliphatic heterocycles. The smallest absolute Gasteiger partial charge is 0.407 e. The second-order valence-electron chi connectivity index (χ2n) is 22.0. The highest BCUT2D eigenvalue weighted by Gasteiger charge is 2.17. The van der Waals surface area contributed by atoms with E-state index >= 15 is 0 Å². The van der Waals surface area contributed by atoms with Crippen LogP contribution >= 0.6 is 34.2 Å². The summed E-state index contributed by atoms with van der Waals surface area (Å²) in [5.41, 5.74) is 14.8. The first kappa shape index (κ1) is 80.8. The molecule has 0 radical (unpaired) electrons. The molecule has 9 rings (SSSR count). The van der Waals surface area contributed by atoms with Gasteiger partial charge in [-0.3, -0.25) is 24.0 Å². The van der Waals surface area contributed by atoms with E-state index in [0.717, 1.165) is 80.7 Å². The van der Waals surface area contributed by atoms with Crippen molar-refractivity contribution in [3.63, 3.8) is 0 Å². The van der Waals surface area contributed by atoms with E-state index in [1.165, 1.54) is 33.8 Å². The Labute approximate surface area is 596 Å². The van der Waals surface area contributed by atoms with Gasteiger partial charge in [0.15, 0.2) is 0 Å². The topological polar surface area (TPSA) is 349 Å². The monoisotopic (exact) mass is 1490 g/mol. The Morgan fingerprint density at radius 3 is 1.13 bits per heavy atom. The molecule has 11 N–H and O–H groups in total. The maximum Gasteiger partial charge on any atom is 0.407 e. The number of carbonyl (C=O) groups excluding carboxylic acids is 6.